The molecule has 0 aliphatic rings. The smallest absolute Gasteiger partial charge is 0.316 e. The molecule has 100 valence electrons. The molecule has 0 bridgehead atoms. The molecule has 0 radical (unpaired) electrons. The Morgan fingerprint density at radius 2 is 0.941 bits per heavy atom. The van der Waals surface area contributed by atoms with Crippen molar-refractivity contribution < 1.29 is 19.8 Å². The molecule has 4 nitrogen and oxygen atoms in total. The second-order valence-corrected chi connectivity index (χ2v) is 3.70. The summed E-state index contributed by atoms with van der Waals surface area (Å²) in [5.41, 5.74) is 0. The first-order chi connectivity index (χ1) is 7.44. The standard InChI is InChI=1S/2C6H12O2.Mg.2H/c2*1-3-5(4-2)6(7)8;;;/h2*5H,3-4H2,1-2H3,(H,7,8);;;. The molecule has 0 aliphatic carbocycles. The number of hydrogen-bond donors (Lipinski definition) is 2. The van der Waals surface area contributed by atoms with Crippen molar-refractivity contribution in [1.29, 1.82) is 0 Å². The zero-order chi connectivity index (χ0) is 13.1. The molecule has 0 rings (SSSR count). The molecule has 2 N–H and O–H groups in total. The Morgan fingerprint density at radius 3 is 0.941 bits per heavy atom. The van der Waals surface area contributed by atoms with Crippen molar-refractivity contribution in [3.63, 3.8) is 0 Å². The van der Waals surface area contributed by atoms with Crippen LogP contribution in [-0.2, 0) is 9.59 Å². The van der Waals surface area contributed by atoms with E-state index in [9.17, 15) is 9.59 Å². The molecule has 0 fully saturated rings. The molecule has 0 spiro atoms. The Labute approximate surface area is 120 Å². The summed E-state index contributed by atoms with van der Waals surface area (Å²) in [6.07, 6.45) is 2.97. The van der Waals surface area contributed by atoms with Gasteiger partial charge < -0.3 is 10.2 Å². The second-order valence-electron chi connectivity index (χ2n) is 3.70. The first-order valence-corrected chi connectivity index (χ1v) is 5.89. The van der Waals surface area contributed by atoms with Crippen molar-refractivity contribution in [3.05, 3.63) is 0 Å². The van der Waals surface area contributed by atoms with E-state index in [1.165, 1.54) is 0 Å². The molecule has 17 heavy (non-hydrogen) atoms. The summed E-state index contributed by atoms with van der Waals surface area (Å²) >= 11 is 0. The van der Waals surface area contributed by atoms with E-state index in [0.717, 1.165) is 25.7 Å². The van der Waals surface area contributed by atoms with Gasteiger partial charge >= 0.3 is 35.0 Å². The van der Waals surface area contributed by atoms with Crippen LogP contribution in [0.4, 0.5) is 0 Å². The molecule has 5 heteroatoms. The van der Waals surface area contributed by atoms with Gasteiger partial charge in [0.1, 0.15) is 0 Å². The Hall–Kier alpha value is -0.294. The summed E-state index contributed by atoms with van der Waals surface area (Å²) in [5.74, 6) is -1.60. The average molecular weight is 259 g/mol. The minimum absolute atomic E-state index is 0. The molecule has 0 atom stereocenters. The van der Waals surface area contributed by atoms with Crippen LogP contribution < -0.4 is 0 Å². The molecular weight excluding hydrogens is 232 g/mol. The maximum atomic E-state index is 10.2. The van der Waals surface area contributed by atoms with Crippen LogP contribution in [-0.4, -0.2) is 45.2 Å². The van der Waals surface area contributed by atoms with Crippen LogP contribution in [0.2, 0.25) is 0 Å². The molecule has 0 aliphatic heterocycles. The molecule has 0 unspecified atom stereocenters. The van der Waals surface area contributed by atoms with Crippen LogP contribution in [0.1, 0.15) is 53.4 Å². The molecular formula is C12H26MgO4. The van der Waals surface area contributed by atoms with Crippen molar-refractivity contribution in [3.8, 4) is 0 Å². The van der Waals surface area contributed by atoms with Crippen LogP contribution in [0.5, 0.6) is 0 Å². The SMILES string of the molecule is CCC(CC)C(=O)O.CCC(CC)C(=O)O.[MgH2]. The molecule has 0 aromatic heterocycles. The molecule has 0 aromatic rings. The van der Waals surface area contributed by atoms with E-state index >= 15 is 0 Å². The summed E-state index contributed by atoms with van der Waals surface area (Å²) in [6, 6.07) is 0. The third-order valence-electron chi connectivity index (χ3n) is 2.67. The lowest BCUT2D eigenvalue weighted by atomic mass is 10.1. The topological polar surface area (TPSA) is 74.6 Å². The van der Waals surface area contributed by atoms with E-state index < -0.39 is 11.9 Å². The van der Waals surface area contributed by atoms with E-state index in [4.69, 9.17) is 10.2 Å². The minimum atomic E-state index is -0.671. The molecule has 0 saturated heterocycles. The lowest BCUT2D eigenvalue weighted by Gasteiger charge is -2.02. The number of carboxylic acid groups (broad SMARTS) is 2. The van der Waals surface area contributed by atoms with Crippen LogP contribution in [0.25, 0.3) is 0 Å². The van der Waals surface area contributed by atoms with Gasteiger partial charge in [-0.05, 0) is 25.7 Å². The second kappa shape index (κ2) is 13.8. The van der Waals surface area contributed by atoms with Crippen molar-refractivity contribution in [2.45, 2.75) is 53.4 Å². The third-order valence-corrected chi connectivity index (χ3v) is 2.67. The highest BCUT2D eigenvalue weighted by Gasteiger charge is 2.10. The van der Waals surface area contributed by atoms with E-state index in [2.05, 4.69) is 0 Å². The highest BCUT2D eigenvalue weighted by molar-refractivity contribution is 5.75. The number of carboxylic acids is 2. The fourth-order valence-electron chi connectivity index (χ4n) is 1.28. The predicted octanol–water partition coefficient (Wildman–Crippen LogP) is 2.10. The normalized spacial score (nSPS) is 9.29. The van der Waals surface area contributed by atoms with E-state index in [-0.39, 0.29) is 34.9 Å². The average Bonchev–Trinajstić information content (AvgIpc) is 2.21. The highest BCUT2D eigenvalue weighted by Crippen LogP contribution is 2.06. The molecule has 0 amide bonds. The van der Waals surface area contributed by atoms with Crippen molar-refractivity contribution in [1.82, 2.24) is 0 Å². The number of hydrogen-bond acceptors (Lipinski definition) is 2. The van der Waals surface area contributed by atoms with Gasteiger partial charge in [0.25, 0.3) is 0 Å². The molecule has 0 saturated carbocycles. The van der Waals surface area contributed by atoms with Gasteiger partial charge in [-0.3, -0.25) is 9.59 Å². The lowest BCUT2D eigenvalue weighted by Crippen LogP contribution is -2.10. The largest absolute Gasteiger partial charge is 0.481 e. The number of carbonyl (C=O) groups is 2. The Bertz CT molecular complexity index is 177. The van der Waals surface area contributed by atoms with E-state index in [1.54, 1.807) is 0 Å². The fourth-order valence-corrected chi connectivity index (χ4v) is 1.28. The van der Waals surface area contributed by atoms with Gasteiger partial charge in [0.2, 0.25) is 0 Å². The van der Waals surface area contributed by atoms with Crippen molar-refractivity contribution >= 4 is 35.0 Å². The van der Waals surface area contributed by atoms with Gasteiger partial charge in [0, 0.05) is 0 Å². The monoisotopic (exact) mass is 258 g/mol. The Morgan fingerprint density at radius 1 is 0.765 bits per heavy atom. The highest BCUT2D eigenvalue weighted by atomic mass is 24.3. The maximum Gasteiger partial charge on any atom is 0.316 e. The van der Waals surface area contributed by atoms with Crippen LogP contribution in [0, 0.1) is 11.8 Å². The molecule has 0 heterocycles. The van der Waals surface area contributed by atoms with Gasteiger partial charge in [0.15, 0.2) is 0 Å². The van der Waals surface area contributed by atoms with Gasteiger partial charge in [0.05, 0.1) is 11.8 Å². The van der Waals surface area contributed by atoms with Gasteiger partial charge in [-0.2, -0.15) is 0 Å². The van der Waals surface area contributed by atoms with Crippen molar-refractivity contribution in [2.24, 2.45) is 11.8 Å². The fraction of sp³-hybridized carbons (Fsp3) is 0.833. The number of aliphatic carboxylic acids is 2. The van der Waals surface area contributed by atoms with Gasteiger partial charge in [-0.25, -0.2) is 0 Å². The van der Waals surface area contributed by atoms with Crippen LogP contribution in [0.15, 0.2) is 0 Å². The summed E-state index contributed by atoms with van der Waals surface area (Å²) < 4.78 is 0. The zero-order valence-corrected chi connectivity index (χ0v) is 10.7. The first kappa shape index (κ1) is 21.9. The Kier molecular flexibility index (Phi) is 17.8. The zero-order valence-electron chi connectivity index (χ0n) is 10.7. The summed E-state index contributed by atoms with van der Waals surface area (Å²) in [6.45, 7) is 7.56. The van der Waals surface area contributed by atoms with E-state index in [1.807, 2.05) is 27.7 Å². The summed E-state index contributed by atoms with van der Waals surface area (Å²) in [7, 11) is 0. The first-order valence-electron chi connectivity index (χ1n) is 5.89. The quantitative estimate of drug-likeness (QED) is 0.716. The minimum Gasteiger partial charge on any atom is -0.481 e. The van der Waals surface area contributed by atoms with E-state index in [0.29, 0.717) is 0 Å². The van der Waals surface area contributed by atoms with Gasteiger partial charge in [-0.15, -0.1) is 0 Å². The van der Waals surface area contributed by atoms with Crippen LogP contribution in [0.3, 0.4) is 0 Å². The number of rotatable bonds is 6. The predicted molar refractivity (Wildman–Crippen MR) is 72.0 cm³/mol. The van der Waals surface area contributed by atoms with Crippen molar-refractivity contribution in [2.75, 3.05) is 0 Å². The Balaban J connectivity index is -0.000000218. The third kappa shape index (κ3) is 12.0. The van der Waals surface area contributed by atoms with Gasteiger partial charge in [-0.1, -0.05) is 27.7 Å². The summed E-state index contributed by atoms with van der Waals surface area (Å²) in [4.78, 5) is 20.3. The summed E-state index contributed by atoms with van der Waals surface area (Å²) in [5, 5.41) is 16.7. The molecule has 0 aromatic carbocycles. The lowest BCUT2D eigenvalue weighted by molar-refractivity contribution is -0.142. The maximum absolute atomic E-state index is 10.2. The van der Waals surface area contributed by atoms with Crippen LogP contribution >= 0.6 is 0 Å².